The van der Waals surface area contributed by atoms with Crippen molar-refractivity contribution in [3.63, 3.8) is 0 Å². The first-order valence-corrected chi connectivity index (χ1v) is 6.69. The van der Waals surface area contributed by atoms with Crippen molar-refractivity contribution in [3.05, 3.63) is 22.7 Å². The molecule has 1 aliphatic heterocycles. The third-order valence-electron chi connectivity index (χ3n) is 2.76. The molecule has 7 heteroatoms. The van der Waals surface area contributed by atoms with Gasteiger partial charge in [-0.15, -0.1) is 0 Å². The Morgan fingerprint density at radius 1 is 1.67 bits per heavy atom. The molecular formula is C11H12ClNO4S. The summed E-state index contributed by atoms with van der Waals surface area (Å²) in [5, 5.41) is 22.2. The molecule has 1 aromatic rings. The standard InChI is InChI=1S/C11H12ClNO4S/c1-17-8-3-5(2-6(12)9(8)14)10-13-7(4-18-10)11(15)16/h2-3,7,10,13-14H,4H2,1H3,(H,15,16)/t7-,10-/m0/s1. The third kappa shape index (κ3) is 2.50. The van der Waals surface area contributed by atoms with Crippen LogP contribution < -0.4 is 15.2 Å². The number of hydrogen-bond acceptors (Lipinski definition) is 5. The monoisotopic (exact) mass is 289 g/mol. The zero-order chi connectivity index (χ0) is 13.3. The van der Waals surface area contributed by atoms with E-state index in [1.165, 1.54) is 18.9 Å². The number of hydrogen-bond donors (Lipinski definition) is 2. The molecule has 3 N–H and O–H groups in total. The average Bonchev–Trinajstić information content (AvgIpc) is 2.82. The van der Waals surface area contributed by atoms with Crippen molar-refractivity contribution in [1.82, 2.24) is 0 Å². The summed E-state index contributed by atoms with van der Waals surface area (Å²) in [6, 6.07) is 2.72. The molecule has 18 heavy (non-hydrogen) atoms. The molecule has 2 atom stereocenters. The van der Waals surface area contributed by atoms with Crippen LogP contribution in [0.4, 0.5) is 0 Å². The van der Waals surface area contributed by atoms with Gasteiger partial charge in [-0.3, -0.25) is 0 Å². The van der Waals surface area contributed by atoms with E-state index in [9.17, 15) is 15.0 Å². The predicted octanol–water partition coefficient (Wildman–Crippen LogP) is -0.518. The first kappa shape index (κ1) is 13.3. The zero-order valence-electron chi connectivity index (χ0n) is 9.55. The summed E-state index contributed by atoms with van der Waals surface area (Å²) >= 11 is 7.39. The Kier molecular flexibility index (Phi) is 3.89. The number of nitrogens with two attached hydrogens (primary N) is 1. The minimum absolute atomic E-state index is 0.0834. The molecule has 2 rings (SSSR count). The van der Waals surface area contributed by atoms with Gasteiger partial charge in [0.1, 0.15) is 12.0 Å². The number of benzene rings is 1. The van der Waals surface area contributed by atoms with Crippen molar-refractivity contribution in [1.29, 1.82) is 0 Å². The Hall–Kier alpha value is -1.11. The van der Waals surface area contributed by atoms with Gasteiger partial charge in [0.05, 0.1) is 17.9 Å². The summed E-state index contributed by atoms with van der Waals surface area (Å²) in [7, 11) is 1.44. The molecular weight excluding hydrogens is 278 g/mol. The molecule has 1 aromatic carbocycles. The zero-order valence-corrected chi connectivity index (χ0v) is 11.1. The lowest BCUT2D eigenvalue weighted by Crippen LogP contribution is -2.90. The third-order valence-corrected chi connectivity index (χ3v) is 4.39. The van der Waals surface area contributed by atoms with E-state index in [0.29, 0.717) is 5.75 Å². The van der Waals surface area contributed by atoms with E-state index in [1.54, 1.807) is 17.4 Å². The van der Waals surface area contributed by atoms with Gasteiger partial charge >= 0.3 is 0 Å². The Balaban J connectivity index is 2.25. The minimum atomic E-state index is -1.07. The molecule has 0 saturated carbocycles. The van der Waals surface area contributed by atoms with E-state index >= 15 is 0 Å². The van der Waals surface area contributed by atoms with Gasteiger partial charge in [-0.2, -0.15) is 0 Å². The van der Waals surface area contributed by atoms with Crippen molar-refractivity contribution >= 4 is 29.3 Å². The summed E-state index contributed by atoms with van der Waals surface area (Å²) in [5.41, 5.74) is 0.809. The van der Waals surface area contributed by atoms with Crippen LogP contribution in [0, 0.1) is 0 Å². The molecule has 1 aliphatic rings. The van der Waals surface area contributed by atoms with Gasteiger partial charge in [0.15, 0.2) is 16.9 Å². The molecule has 0 aliphatic carbocycles. The number of thioether (sulfide) groups is 1. The van der Waals surface area contributed by atoms with Gasteiger partial charge < -0.3 is 25.1 Å². The number of carboxylic acids is 1. The fourth-order valence-corrected chi connectivity index (χ4v) is 3.31. The van der Waals surface area contributed by atoms with E-state index in [0.717, 1.165) is 5.56 Å². The van der Waals surface area contributed by atoms with Crippen LogP contribution in [0.15, 0.2) is 12.1 Å². The van der Waals surface area contributed by atoms with Crippen LogP contribution in [0.25, 0.3) is 0 Å². The molecule has 0 amide bonds. The second-order valence-electron chi connectivity index (χ2n) is 3.93. The highest BCUT2D eigenvalue weighted by Gasteiger charge is 2.31. The number of ether oxygens (including phenoxy) is 1. The highest BCUT2D eigenvalue weighted by molar-refractivity contribution is 7.99. The second kappa shape index (κ2) is 5.26. The molecule has 1 fully saturated rings. The van der Waals surface area contributed by atoms with Gasteiger partial charge in [-0.05, 0) is 12.1 Å². The molecule has 1 heterocycles. The van der Waals surface area contributed by atoms with Gasteiger partial charge in [0.2, 0.25) is 0 Å². The van der Waals surface area contributed by atoms with Crippen molar-refractivity contribution in [3.8, 4) is 11.5 Å². The average molecular weight is 290 g/mol. The molecule has 0 radical (unpaired) electrons. The number of rotatable bonds is 3. The molecule has 0 spiro atoms. The maximum Gasteiger partial charge on any atom is 0.176 e. The van der Waals surface area contributed by atoms with E-state index in [-0.39, 0.29) is 21.9 Å². The summed E-state index contributed by atoms with van der Waals surface area (Å²) in [6.45, 7) is 0. The number of halogens is 1. The number of carbonyl (C=O) groups excluding carboxylic acids is 1. The van der Waals surface area contributed by atoms with Crippen LogP contribution >= 0.6 is 23.4 Å². The summed E-state index contributed by atoms with van der Waals surface area (Å²) < 4.78 is 5.01. The smallest absolute Gasteiger partial charge is 0.176 e. The summed E-state index contributed by atoms with van der Waals surface area (Å²) in [6.07, 6.45) is 0. The highest BCUT2D eigenvalue weighted by Crippen LogP contribution is 2.38. The Bertz CT molecular complexity index is 482. The maximum atomic E-state index is 10.8. The van der Waals surface area contributed by atoms with Crippen LogP contribution in [-0.4, -0.2) is 30.0 Å². The van der Waals surface area contributed by atoms with Crippen molar-refractivity contribution < 1.29 is 25.1 Å². The number of aliphatic carboxylic acids is 1. The molecule has 0 unspecified atom stereocenters. The normalized spacial score (nSPS) is 23.0. The number of carboxylic acid groups (broad SMARTS) is 1. The predicted molar refractivity (Wildman–Crippen MR) is 65.6 cm³/mol. The maximum absolute atomic E-state index is 10.8. The fraction of sp³-hybridized carbons (Fsp3) is 0.364. The van der Waals surface area contributed by atoms with Crippen LogP contribution in [0.5, 0.6) is 11.5 Å². The number of quaternary nitrogens is 1. The summed E-state index contributed by atoms with van der Waals surface area (Å²) in [4.78, 5) is 10.8. The van der Waals surface area contributed by atoms with Gasteiger partial charge in [-0.25, -0.2) is 0 Å². The van der Waals surface area contributed by atoms with Crippen LogP contribution in [0.2, 0.25) is 5.02 Å². The Labute approximate surface area is 113 Å². The van der Waals surface area contributed by atoms with Crippen LogP contribution in [0.3, 0.4) is 0 Å². The van der Waals surface area contributed by atoms with E-state index in [1.807, 2.05) is 0 Å². The Morgan fingerprint density at radius 2 is 2.39 bits per heavy atom. The van der Waals surface area contributed by atoms with Gasteiger partial charge in [0, 0.05) is 5.56 Å². The summed E-state index contributed by atoms with van der Waals surface area (Å²) in [5.74, 6) is -0.416. The lowest BCUT2D eigenvalue weighted by atomic mass is 10.2. The lowest BCUT2D eigenvalue weighted by Gasteiger charge is -2.13. The quantitative estimate of drug-likeness (QED) is 0.782. The van der Waals surface area contributed by atoms with Crippen molar-refractivity contribution in [2.24, 2.45) is 0 Å². The highest BCUT2D eigenvalue weighted by atomic mass is 35.5. The van der Waals surface area contributed by atoms with E-state index in [4.69, 9.17) is 16.3 Å². The minimum Gasteiger partial charge on any atom is -0.544 e. The number of phenols is 1. The van der Waals surface area contributed by atoms with Crippen LogP contribution in [0.1, 0.15) is 10.9 Å². The number of aromatic hydroxyl groups is 1. The molecule has 98 valence electrons. The van der Waals surface area contributed by atoms with E-state index < -0.39 is 12.0 Å². The molecule has 0 bridgehead atoms. The molecule has 1 saturated heterocycles. The van der Waals surface area contributed by atoms with Crippen molar-refractivity contribution in [2.45, 2.75) is 11.4 Å². The lowest BCUT2D eigenvalue weighted by molar-refractivity contribution is -0.690. The van der Waals surface area contributed by atoms with E-state index in [2.05, 4.69) is 0 Å². The van der Waals surface area contributed by atoms with Gasteiger partial charge in [0.25, 0.3) is 0 Å². The van der Waals surface area contributed by atoms with Gasteiger partial charge in [-0.1, -0.05) is 23.4 Å². The number of phenolic OH excluding ortho intramolecular Hbond substituents is 1. The number of carbonyl (C=O) groups is 1. The Morgan fingerprint density at radius 3 is 2.94 bits per heavy atom. The number of methoxy groups -OCH3 is 1. The SMILES string of the molecule is COc1cc([C@H]2[NH2+][C@H](C(=O)[O-])CS2)cc(Cl)c1O. The van der Waals surface area contributed by atoms with Crippen molar-refractivity contribution in [2.75, 3.05) is 12.9 Å². The first-order valence-electron chi connectivity index (χ1n) is 5.26. The molecule has 0 aromatic heterocycles. The second-order valence-corrected chi connectivity index (χ2v) is 5.51. The van der Waals surface area contributed by atoms with Crippen LogP contribution in [-0.2, 0) is 4.79 Å². The topological polar surface area (TPSA) is 86.2 Å². The fourth-order valence-electron chi connectivity index (χ4n) is 1.80. The first-order chi connectivity index (χ1) is 8.52. The molecule has 5 nitrogen and oxygen atoms in total. The largest absolute Gasteiger partial charge is 0.544 e.